The zero-order valence-corrected chi connectivity index (χ0v) is 6.50. The molecule has 1 nitrogen and oxygen atoms in total. The van der Waals surface area contributed by atoms with Gasteiger partial charge in [-0.1, -0.05) is 12.2 Å². The van der Waals surface area contributed by atoms with Gasteiger partial charge < -0.3 is 4.90 Å². The molecule has 0 aromatic rings. The summed E-state index contributed by atoms with van der Waals surface area (Å²) in [6.45, 7) is 0. The van der Waals surface area contributed by atoms with Crippen molar-refractivity contribution in [3.63, 3.8) is 0 Å². The van der Waals surface area contributed by atoms with Crippen LogP contribution in [0.3, 0.4) is 0 Å². The maximum absolute atomic E-state index is 12.1. The van der Waals surface area contributed by atoms with Crippen molar-refractivity contribution in [2.45, 2.75) is 25.3 Å². The van der Waals surface area contributed by atoms with Crippen LogP contribution in [0.25, 0.3) is 0 Å². The van der Waals surface area contributed by atoms with Crippen LogP contribution in [0.15, 0.2) is 0 Å². The van der Waals surface area contributed by atoms with Gasteiger partial charge in [0.1, 0.15) is 0 Å². The van der Waals surface area contributed by atoms with Crippen LogP contribution in [-0.2, 0) is 0 Å². The Morgan fingerprint density at radius 3 is 2.50 bits per heavy atom. The number of halogens is 2. The first kappa shape index (κ1) is 7.85. The minimum Gasteiger partial charge on any atom is -0.360 e. The van der Waals surface area contributed by atoms with Gasteiger partial charge in [-0.3, -0.25) is 0 Å². The predicted octanol–water partition coefficient (Wildman–Crippen LogP) is 1.67. The summed E-state index contributed by atoms with van der Waals surface area (Å²) < 4.78 is 24.1. The quantitative estimate of drug-likeness (QED) is 0.544. The molecule has 0 aliphatic carbocycles. The highest BCUT2D eigenvalue weighted by Gasteiger charge is 2.31. The van der Waals surface area contributed by atoms with E-state index in [9.17, 15) is 8.78 Å². The summed E-state index contributed by atoms with van der Waals surface area (Å²) in [5.41, 5.74) is 0. The van der Waals surface area contributed by atoms with Crippen LogP contribution in [0.5, 0.6) is 0 Å². The van der Waals surface area contributed by atoms with Crippen LogP contribution in [-0.4, -0.2) is 29.4 Å². The summed E-state index contributed by atoms with van der Waals surface area (Å²) in [6.07, 6.45) is -1.11. The number of nitrogens with zero attached hydrogens (tertiary/aromatic N) is 1. The Hall–Kier alpha value is -0.250. The fourth-order valence-electron chi connectivity index (χ4n) is 1.12. The second-order valence-electron chi connectivity index (χ2n) is 2.45. The van der Waals surface area contributed by atoms with Crippen LogP contribution in [0.1, 0.15) is 12.8 Å². The van der Waals surface area contributed by atoms with Gasteiger partial charge in [0.2, 0.25) is 0 Å². The minimum atomic E-state index is -2.26. The van der Waals surface area contributed by atoms with Gasteiger partial charge in [0.15, 0.2) is 0 Å². The molecule has 0 bridgehead atoms. The Morgan fingerprint density at radius 1 is 1.70 bits per heavy atom. The number of hydrogen-bond donors (Lipinski definition) is 0. The van der Waals surface area contributed by atoms with Crippen molar-refractivity contribution in [1.29, 1.82) is 0 Å². The highest BCUT2D eigenvalue weighted by Crippen LogP contribution is 2.22. The molecule has 0 amide bonds. The van der Waals surface area contributed by atoms with Crippen LogP contribution in [0.4, 0.5) is 8.78 Å². The lowest BCUT2D eigenvalue weighted by atomic mass is 10.2. The molecule has 0 saturated carbocycles. The highest BCUT2D eigenvalue weighted by atomic mass is 32.1. The van der Waals surface area contributed by atoms with Crippen molar-refractivity contribution in [3.05, 3.63) is 0 Å². The van der Waals surface area contributed by atoms with Gasteiger partial charge in [0.05, 0.1) is 11.0 Å². The first-order valence-electron chi connectivity index (χ1n) is 3.16. The molecular weight excluding hydrogens is 156 g/mol. The van der Waals surface area contributed by atoms with Crippen LogP contribution < -0.4 is 0 Å². The minimum absolute atomic E-state index is 0.507. The first-order chi connectivity index (χ1) is 4.63. The van der Waals surface area contributed by atoms with Crippen molar-refractivity contribution >= 4 is 17.2 Å². The highest BCUT2D eigenvalue weighted by molar-refractivity contribution is 7.80. The summed E-state index contributed by atoms with van der Waals surface area (Å²) in [7, 11) is 1.63. The molecule has 10 heavy (non-hydrogen) atoms. The predicted molar refractivity (Wildman–Crippen MR) is 39.4 cm³/mol. The van der Waals surface area contributed by atoms with Crippen molar-refractivity contribution in [2.24, 2.45) is 0 Å². The molecule has 1 saturated heterocycles. The molecule has 0 spiro atoms. The molecule has 1 aliphatic rings. The second-order valence-corrected chi connectivity index (χ2v) is 2.92. The lowest BCUT2D eigenvalue weighted by molar-refractivity contribution is 0.0734. The Labute approximate surface area is 64.0 Å². The van der Waals surface area contributed by atoms with Gasteiger partial charge >= 0.3 is 0 Å². The number of hydrogen-bond acceptors (Lipinski definition) is 1. The van der Waals surface area contributed by atoms with Gasteiger partial charge in [-0.25, -0.2) is 8.78 Å². The van der Waals surface area contributed by atoms with E-state index in [1.54, 1.807) is 7.05 Å². The molecule has 58 valence electrons. The fraction of sp³-hybridized carbons (Fsp3) is 0.833. The molecule has 1 unspecified atom stereocenters. The van der Waals surface area contributed by atoms with E-state index in [-0.39, 0.29) is 0 Å². The van der Waals surface area contributed by atoms with Gasteiger partial charge in [-0.15, -0.1) is 0 Å². The maximum atomic E-state index is 12.1. The van der Waals surface area contributed by atoms with Gasteiger partial charge in [-0.2, -0.15) is 0 Å². The van der Waals surface area contributed by atoms with Crippen LogP contribution in [0, 0.1) is 0 Å². The van der Waals surface area contributed by atoms with Gasteiger partial charge in [-0.05, 0) is 6.42 Å². The molecule has 1 rings (SSSR count). The van der Waals surface area contributed by atoms with Crippen LogP contribution in [0.2, 0.25) is 0 Å². The summed E-state index contributed by atoms with van der Waals surface area (Å²) in [5.74, 6) is 0. The topological polar surface area (TPSA) is 3.24 Å². The Bertz CT molecular complexity index is 149. The molecule has 4 heteroatoms. The third-order valence-electron chi connectivity index (χ3n) is 1.84. The summed E-state index contributed by atoms with van der Waals surface area (Å²) >= 11 is 4.83. The molecule has 0 aromatic carbocycles. The zero-order valence-electron chi connectivity index (χ0n) is 5.68. The van der Waals surface area contributed by atoms with E-state index in [2.05, 4.69) is 0 Å². The summed E-state index contributed by atoms with van der Waals surface area (Å²) in [6, 6.07) is -0.632. The summed E-state index contributed by atoms with van der Waals surface area (Å²) in [4.78, 5) is 2.16. The lowest BCUT2D eigenvalue weighted by Crippen LogP contribution is -2.33. The average Bonchev–Trinajstić information content (AvgIpc) is 2.14. The number of alkyl halides is 2. The maximum Gasteiger partial charge on any atom is 0.258 e. The largest absolute Gasteiger partial charge is 0.360 e. The molecule has 1 fully saturated rings. The van der Waals surface area contributed by atoms with Gasteiger partial charge in [0.25, 0.3) is 6.43 Å². The van der Waals surface area contributed by atoms with Crippen molar-refractivity contribution in [2.75, 3.05) is 7.05 Å². The standard InChI is InChI=1S/C6H9F2NS/c1-9-4(6(7)8)2-3-5(9)10/h4,6H,2-3H2,1H3. The average molecular weight is 165 g/mol. The third kappa shape index (κ3) is 1.26. The molecule has 0 N–H and O–H groups in total. The van der Waals surface area contributed by atoms with Crippen molar-refractivity contribution in [3.8, 4) is 0 Å². The van der Waals surface area contributed by atoms with E-state index >= 15 is 0 Å². The monoisotopic (exact) mass is 165 g/mol. The second kappa shape index (κ2) is 2.78. The van der Waals surface area contributed by atoms with Crippen molar-refractivity contribution in [1.82, 2.24) is 4.90 Å². The molecule has 1 atom stereocenters. The summed E-state index contributed by atoms with van der Waals surface area (Å²) in [5, 5.41) is 0. The number of thiocarbonyl (C=S) groups is 1. The Kier molecular flexibility index (Phi) is 2.18. The molecule has 0 radical (unpaired) electrons. The lowest BCUT2D eigenvalue weighted by Gasteiger charge is -2.19. The SMILES string of the molecule is CN1C(=S)CCC1C(F)F. The van der Waals surface area contributed by atoms with E-state index in [1.165, 1.54) is 4.90 Å². The number of likely N-dealkylation sites (tertiary alicyclic amines) is 1. The van der Waals surface area contributed by atoms with Gasteiger partial charge in [0, 0.05) is 13.5 Å². The molecular formula is C6H9F2NS. The van der Waals surface area contributed by atoms with Crippen molar-refractivity contribution < 1.29 is 8.78 Å². The zero-order chi connectivity index (χ0) is 7.72. The van der Waals surface area contributed by atoms with E-state index in [4.69, 9.17) is 12.2 Å². The Morgan fingerprint density at radius 2 is 2.30 bits per heavy atom. The first-order valence-corrected chi connectivity index (χ1v) is 3.57. The molecule has 1 heterocycles. The normalized spacial score (nSPS) is 26.6. The van der Waals surface area contributed by atoms with E-state index in [1.807, 2.05) is 0 Å². The third-order valence-corrected chi connectivity index (χ3v) is 2.33. The Balaban J connectivity index is 2.57. The van der Waals surface area contributed by atoms with E-state index < -0.39 is 12.5 Å². The molecule has 0 aromatic heterocycles. The smallest absolute Gasteiger partial charge is 0.258 e. The number of rotatable bonds is 1. The van der Waals surface area contributed by atoms with E-state index in [0.717, 1.165) is 0 Å². The molecule has 1 aliphatic heterocycles. The van der Waals surface area contributed by atoms with Crippen LogP contribution >= 0.6 is 12.2 Å². The fourth-order valence-corrected chi connectivity index (χ4v) is 1.37. The van der Waals surface area contributed by atoms with E-state index in [0.29, 0.717) is 17.8 Å².